The van der Waals surface area contributed by atoms with E-state index in [1.165, 1.54) is 4.90 Å². The molecule has 1 aliphatic rings. The summed E-state index contributed by atoms with van der Waals surface area (Å²) >= 11 is 5.96. The lowest BCUT2D eigenvalue weighted by molar-refractivity contribution is -0.121. The van der Waals surface area contributed by atoms with Gasteiger partial charge in [0.1, 0.15) is 6.04 Å². The number of nitrogens with zero attached hydrogens (tertiary/aromatic N) is 1. The standard InChI is InChI=1S/C18H17ClN2O2/c1-11-5-3-6-12(2)17(11)20-15-10-16(22)21(18(15)23)14-8-4-7-13(19)9-14/h3-9,15,20H,10H2,1-2H3. The summed E-state index contributed by atoms with van der Waals surface area (Å²) in [6.07, 6.45) is 0.138. The van der Waals surface area contributed by atoms with Crippen molar-refractivity contribution in [2.75, 3.05) is 10.2 Å². The van der Waals surface area contributed by atoms with Crippen molar-refractivity contribution < 1.29 is 9.59 Å². The number of hydrogen-bond donors (Lipinski definition) is 1. The summed E-state index contributed by atoms with van der Waals surface area (Å²) in [7, 11) is 0. The van der Waals surface area contributed by atoms with Crippen LogP contribution in [0.2, 0.25) is 5.02 Å². The van der Waals surface area contributed by atoms with Gasteiger partial charge in [-0.25, -0.2) is 4.90 Å². The van der Waals surface area contributed by atoms with Crippen LogP contribution in [-0.2, 0) is 9.59 Å². The van der Waals surface area contributed by atoms with E-state index in [9.17, 15) is 9.59 Å². The SMILES string of the molecule is Cc1cccc(C)c1NC1CC(=O)N(c2cccc(Cl)c2)C1=O. The first-order chi connectivity index (χ1) is 11.0. The molecule has 1 unspecified atom stereocenters. The zero-order chi connectivity index (χ0) is 16.6. The quantitative estimate of drug-likeness (QED) is 0.874. The van der Waals surface area contributed by atoms with E-state index in [4.69, 9.17) is 11.6 Å². The largest absolute Gasteiger partial charge is 0.373 e. The summed E-state index contributed by atoms with van der Waals surface area (Å²) in [5, 5.41) is 3.72. The molecule has 0 radical (unpaired) electrons. The van der Waals surface area contributed by atoms with Crippen LogP contribution >= 0.6 is 11.6 Å². The van der Waals surface area contributed by atoms with E-state index in [0.717, 1.165) is 16.8 Å². The number of nitrogens with one attached hydrogen (secondary N) is 1. The van der Waals surface area contributed by atoms with E-state index in [0.29, 0.717) is 10.7 Å². The molecular formula is C18H17ClN2O2. The van der Waals surface area contributed by atoms with E-state index in [2.05, 4.69) is 5.32 Å². The van der Waals surface area contributed by atoms with Gasteiger partial charge >= 0.3 is 0 Å². The van der Waals surface area contributed by atoms with Crippen LogP contribution in [0.25, 0.3) is 0 Å². The Labute approximate surface area is 140 Å². The van der Waals surface area contributed by atoms with E-state index in [1.54, 1.807) is 24.3 Å². The van der Waals surface area contributed by atoms with Gasteiger partial charge in [0.05, 0.1) is 12.1 Å². The lowest BCUT2D eigenvalue weighted by atomic mass is 10.1. The monoisotopic (exact) mass is 328 g/mol. The second-order valence-electron chi connectivity index (χ2n) is 5.72. The third kappa shape index (κ3) is 2.94. The Morgan fingerprint density at radius 3 is 2.39 bits per heavy atom. The number of anilines is 2. The zero-order valence-electron chi connectivity index (χ0n) is 13.0. The highest BCUT2D eigenvalue weighted by molar-refractivity contribution is 6.31. The van der Waals surface area contributed by atoms with Crippen LogP contribution in [-0.4, -0.2) is 17.9 Å². The Balaban J connectivity index is 1.87. The molecule has 1 heterocycles. The molecule has 1 aliphatic heterocycles. The Hall–Kier alpha value is -2.33. The smallest absolute Gasteiger partial charge is 0.256 e. The van der Waals surface area contributed by atoms with Crippen LogP contribution in [0.1, 0.15) is 17.5 Å². The van der Waals surface area contributed by atoms with E-state index in [-0.39, 0.29) is 18.2 Å². The molecule has 23 heavy (non-hydrogen) atoms. The van der Waals surface area contributed by atoms with Gasteiger partial charge in [0.25, 0.3) is 5.91 Å². The lowest BCUT2D eigenvalue weighted by Crippen LogP contribution is -2.35. The fourth-order valence-electron chi connectivity index (χ4n) is 2.85. The Bertz CT molecular complexity index is 768. The number of imide groups is 1. The summed E-state index contributed by atoms with van der Waals surface area (Å²) in [6, 6.07) is 12.1. The lowest BCUT2D eigenvalue weighted by Gasteiger charge is -2.18. The van der Waals surface area contributed by atoms with Gasteiger partial charge in [0, 0.05) is 10.7 Å². The van der Waals surface area contributed by atoms with Crippen molar-refractivity contribution in [1.29, 1.82) is 0 Å². The second-order valence-corrected chi connectivity index (χ2v) is 6.15. The number of para-hydroxylation sites is 1. The number of carbonyl (C=O) groups excluding carboxylic acids is 2. The van der Waals surface area contributed by atoms with Crippen LogP contribution in [0, 0.1) is 13.8 Å². The van der Waals surface area contributed by atoms with Crippen LogP contribution in [0.3, 0.4) is 0 Å². The zero-order valence-corrected chi connectivity index (χ0v) is 13.7. The van der Waals surface area contributed by atoms with Crippen molar-refractivity contribution in [1.82, 2.24) is 0 Å². The maximum absolute atomic E-state index is 12.7. The Kier molecular flexibility index (Phi) is 4.09. The number of rotatable bonds is 3. The van der Waals surface area contributed by atoms with E-state index < -0.39 is 6.04 Å². The summed E-state index contributed by atoms with van der Waals surface area (Å²) in [5.41, 5.74) is 3.52. The van der Waals surface area contributed by atoms with Crippen molar-refractivity contribution >= 4 is 34.8 Å². The molecule has 1 fully saturated rings. The minimum Gasteiger partial charge on any atom is -0.373 e. The molecule has 2 aromatic rings. The van der Waals surface area contributed by atoms with Crippen molar-refractivity contribution in [2.45, 2.75) is 26.3 Å². The average molecular weight is 329 g/mol. The van der Waals surface area contributed by atoms with Crippen LogP contribution in [0.15, 0.2) is 42.5 Å². The topological polar surface area (TPSA) is 49.4 Å². The predicted molar refractivity (Wildman–Crippen MR) is 91.9 cm³/mol. The number of amides is 2. The van der Waals surface area contributed by atoms with Crippen molar-refractivity contribution in [3.63, 3.8) is 0 Å². The highest BCUT2D eigenvalue weighted by Crippen LogP contribution is 2.28. The van der Waals surface area contributed by atoms with Gasteiger partial charge in [-0.05, 0) is 43.2 Å². The predicted octanol–water partition coefficient (Wildman–Crippen LogP) is 3.70. The fourth-order valence-corrected chi connectivity index (χ4v) is 3.03. The number of hydrogen-bond acceptors (Lipinski definition) is 3. The summed E-state index contributed by atoms with van der Waals surface area (Å²) in [4.78, 5) is 26.1. The minimum absolute atomic E-state index is 0.138. The molecule has 0 bridgehead atoms. The normalized spacial score (nSPS) is 17.7. The van der Waals surface area contributed by atoms with Crippen molar-refractivity contribution in [3.05, 3.63) is 58.6 Å². The Morgan fingerprint density at radius 2 is 1.74 bits per heavy atom. The molecule has 118 valence electrons. The first-order valence-corrected chi connectivity index (χ1v) is 7.80. The maximum Gasteiger partial charge on any atom is 0.256 e. The number of halogens is 1. The fraction of sp³-hybridized carbons (Fsp3) is 0.222. The molecule has 0 aromatic heterocycles. The highest BCUT2D eigenvalue weighted by Gasteiger charge is 2.39. The molecule has 3 rings (SSSR count). The van der Waals surface area contributed by atoms with Gasteiger partial charge in [-0.15, -0.1) is 0 Å². The molecule has 4 nitrogen and oxygen atoms in total. The molecule has 0 spiro atoms. The molecule has 2 amide bonds. The van der Waals surface area contributed by atoms with E-state index >= 15 is 0 Å². The van der Waals surface area contributed by atoms with Gasteiger partial charge in [0.15, 0.2) is 0 Å². The molecular weight excluding hydrogens is 312 g/mol. The van der Waals surface area contributed by atoms with E-state index in [1.807, 2.05) is 32.0 Å². The summed E-state index contributed by atoms with van der Waals surface area (Å²) in [5.74, 6) is -0.471. The highest BCUT2D eigenvalue weighted by atomic mass is 35.5. The maximum atomic E-state index is 12.7. The van der Waals surface area contributed by atoms with Crippen molar-refractivity contribution in [3.8, 4) is 0 Å². The van der Waals surface area contributed by atoms with Crippen LogP contribution in [0.5, 0.6) is 0 Å². The molecule has 1 saturated heterocycles. The third-order valence-electron chi connectivity index (χ3n) is 4.01. The van der Waals surface area contributed by atoms with Gasteiger partial charge in [-0.3, -0.25) is 9.59 Å². The first-order valence-electron chi connectivity index (χ1n) is 7.42. The summed E-state index contributed by atoms with van der Waals surface area (Å²) in [6.45, 7) is 3.95. The third-order valence-corrected chi connectivity index (χ3v) is 4.25. The van der Waals surface area contributed by atoms with Gasteiger partial charge < -0.3 is 5.32 Å². The molecule has 0 aliphatic carbocycles. The molecule has 2 aromatic carbocycles. The van der Waals surface area contributed by atoms with Gasteiger partial charge in [-0.1, -0.05) is 35.9 Å². The van der Waals surface area contributed by atoms with Crippen LogP contribution < -0.4 is 10.2 Å². The minimum atomic E-state index is -0.554. The first kappa shape index (κ1) is 15.6. The van der Waals surface area contributed by atoms with Crippen LogP contribution in [0.4, 0.5) is 11.4 Å². The summed E-state index contributed by atoms with van der Waals surface area (Å²) < 4.78 is 0. The Morgan fingerprint density at radius 1 is 1.09 bits per heavy atom. The molecule has 0 saturated carbocycles. The average Bonchev–Trinajstić information content (AvgIpc) is 2.77. The van der Waals surface area contributed by atoms with Crippen molar-refractivity contribution in [2.24, 2.45) is 0 Å². The number of carbonyl (C=O) groups is 2. The second kappa shape index (κ2) is 6.05. The number of benzene rings is 2. The van der Waals surface area contributed by atoms with Gasteiger partial charge in [-0.2, -0.15) is 0 Å². The molecule has 1 N–H and O–H groups in total. The molecule has 1 atom stereocenters. The molecule has 5 heteroatoms. The number of aryl methyl sites for hydroxylation is 2. The van der Waals surface area contributed by atoms with Gasteiger partial charge in [0.2, 0.25) is 5.91 Å².